The van der Waals surface area contributed by atoms with Crippen LogP contribution >= 0.6 is 0 Å². The van der Waals surface area contributed by atoms with Gasteiger partial charge in [0.15, 0.2) is 23.2 Å². The molecule has 3 fully saturated rings. The zero-order chi connectivity index (χ0) is 20.0. The van der Waals surface area contributed by atoms with Crippen molar-refractivity contribution in [2.75, 3.05) is 13.2 Å². The summed E-state index contributed by atoms with van der Waals surface area (Å²) < 4.78 is 52.3. The van der Waals surface area contributed by atoms with Gasteiger partial charge in [0, 0.05) is 12.8 Å². The van der Waals surface area contributed by atoms with Crippen LogP contribution in [0.15, 0.2) is 18.2 Å². The van der Waals surface area contributed by atoms with Crippen LogP contribution in [0.5, 0.6) is 0 Å². The van der Waals surface area contributed by atoms with E-state index < -0.39 is 17.5 Å². The molecule has 0 bridgehead atoms. The first-order valence-corrected chi connectivity index (χ1v) is 11.2. The third kappa shape index (κ3) is 3.76. The molecule has 0 amide bonds. The average molecular weight is 406 g/mol. The number of hydrogen-bond acceptors (Lipinski definition) is 2. The first-order chi connectivity index (χ1) is 14.0. The van der Waals surface area contributed by atoms with E-state index in [0.29, 0.717) is 17.4 Å². The quantitative estimate of drug-likeness (QED) is 0.541. The van der Waals surface area contributed by atoms with E-state index in [0.717, 1.165) is 74.9 Å². The van der Waals surface area contributed by atoms with Crippen molar-refractivity contribution < 1.29 is 22.6 Å². The summed E-state index contributed by atoms with van der Waals surface area (Å²) in [6.45, 7) is 1.46. The molecule has 0 N–H and O–H groups in total. The molecule has 1 aromatic carbocycles. The van der Waals surface area contributed by atoms with Crippen LogP contribution in [-0.2, 0) is 9.47 Å². The Morgan fingerprint density at radius 3 is 2.17 bits per heavy atom. The topological polar surface area (TPSA) is 18.5 Å². The fourth-order valence-corrected chi connectivity index (χ4v) is 6.30. The van der Waals surface area contributed by atoms with Crippen molar-refractivity contribution in [1.29, 1.82) is 0 Å². The van der Waals surface area contributed by atoms with Crippen molar-refractivity contribution in [3.63, 3.8) is 0 Å². The van der Waals surface area contributed by atoms with Crippen molar-refractivity contribution in [3.05, 3.63) is 41.2 Å². The Hall–Kier alpha value is -1.33. The zero-order valence-electron chi connectivity index (χ0n) is 16.8. The summed E-state index contributed by atoms with van der Waals surface area (Å²) >= 11 is 0. The SMILES string of the molecule is Fc1cc(C2=C[C@H]3CCC(C4CCC5(CC4)OCCO5)C[C@@H]3CC2)cc(F)c1F. The van der Waals surface area contributed by atoms with Gasteiger partial charge >= 0.3 is 0 Å². The maximum Gasteiger partial charge on any atom is 0.194 e. The van der Waals surface area contributed by atoms with E-state index in [4.69, 9.17) is 9.47 Å². The van der Waals surface area contributed by atoms with Gasteiger partial charge in [-0.2, -0.15) is 0 Å². The molecule has 5 heteroatoms. The van der Waals surface area contributed by atoms with Crippen LogP contribution in [0.1, 0.15) is 63.4 Å². The fourth-order valence-electron chi connectivity index (χ4n) is 6.30. The lowest BCUT2D eigenvalue weighted by atomic mass is 9.63. The van der Waals surface area contributed by atoms with Gasteiger partial charge < -0.3 is 9.47 Å². The average Bonchev–Trinajstić information content (AvgIpc) is 3.19. The minimum absolute atomic E-state index is 0.282. The van der Waals surface area contributed by atoms with Gasteiger partial charge in [0.1, 0.15) is 0 Å². The maximum absolute atomic E-state index is 13.6. The molecule has 2 nitrogen and oxygen atoms in total. The number of benzene rings is 1. The van der Waals surface area contributed by atoms with E-state index in [1.54, 1.807) is 0 Å². The molecule has 3 atom stereocenters. The standard InChI is InChI=1S/C24H29F3O2/c25-21-13-20(14-22(26)23(21)27)19-4-3-17-11-16(1-2-18(17)12-19)15-5-7-24(8-6-15)28-9-10-29-24/h12-18H,1-11H2/t16?,17-,18+/m0/s1. The lowest BCUT2D eigenvalue weighted by Crippen LogP contribution is -2.38. The van der Waals surface area contributed by atoms with Crippen molar-refractivity contribution in [2.24, 2.45) is 23.7 Å². The molecule has 1 aromatic rings. The minimum Gasteiger partial charge on any atom is -0.348 e. The number of allylic oxidation sites excluding steroid dienone is 2. The first kappa shape index (κ1) is 19.6. The molecule has 158 valence electrons. The van der Waals surface area contributed by atoms with Gasteiger partial charge in [0.25, 0.3) is 0 Å². The molecule has 0 aromatic heterocycles. The van der Waals surface area contributed by atoms with Crippen molar-refractivity contribution in [1.82, 2.24) is 0 Å². The Labute approximate surface area is 170 Å². The second-order valence-corrected chi connectivity index (χ2v) is 9.43. The lowest BCUT2D eigenvalue weighted by Gasteiger charge is -2.44. The summed E-state index contributed by atoms with van der Waals surface area (Å²) in [6.07, 6.45) is 12.1. The van der Waals surface area contributed by atoms with Gasteiger partial charge in [-0.15, -0.1) is 0 Å². The van der Waals surface area contributed by atoms with Gasteiger partial charge in [-0.1, -0.05) is 6.08 Å². The molecule has 5 rings (SSSR count). The van der Waals surface area contributed by atoms with Crippen molar-refractivity contribution in [2.45, 2.75) is 63.6 Å². The Morgan fingerprint density at radius 2 is 1.48 bits per heavy atom. The third-order valence-corrected chi connectivity index (χ3v) is 7.91. The van der Waals surface area contributed by atoms with Crippen LogP contribution in [0.2, 0.25) is 0 Å². The highest BCUT2D eigenvalue weighted by atomic mass is 19.2. The van der Waals surface area contributed by atoms with Gasteiger partial charge in [-0.05, 0) is 91.9 Å². The highest BCUT2D eigenvalue weighted by Gasteiger charge is 2.43. The number of fused-ring (bicyclic) bond motifs is 1. The Bertz CT molecular complexity index is 766. The van der Waals surface area contributed by atoms with E-state index >= 15 is 0 Å². The number of ether oxygens (including phenoxy) is 2. The largest absolute Gasteiger partial charge is 0.348 e. The first-order valence-electron chi connectivity index (χ1n) is 11.2. The number of halogens is 3. The van der Waals surface area contributed by atoms with Crippen LogP contribution in [0, 0.1) is 41.1 Å². The molecule has 2 saturated carbocycles. The number of rotatable bonds is 2. The van der Waals surface area contributed by atoms with Crippen LogP contribution in [0.25, 0.3) is 5.57 Å². The van der Waals surface area contributed by atoms with Crippen LogP contribution in [0.3, 0.4) is 0 Å². The summed E-state index contributed by atoms with van der Waals surface area (Å²) in [7, 11) is 0. The number of hydrogen-bond donors (Lipinski definition) is 0. The molecule has 1 unspecified atom stereocenters. The predicted octanol–water partition coefficient (Wildman–Crippen LogP) is 6.25. The summed E-state index contributed by atoms with van der Waals surface area (Å²) in [5.41, 5.74) is 1.47. The third-order valence-electron chi connectivity index (χ3n) is 7.91. The van der Waals surface area contributed by atoms with E-state index in [2.05, 4.69) is 6.08 Å². The molecule has 1 saturated heterocycles. The maximum atomic E-state index is 13.6. The molecular weight excluding hydrogens is 377 g/mol. The van der Waals surface area contributed by atoms with Crippen molar-refractivity contribution in [3.8, 4) is 0 Å². The Balaban J connectivity index is 1.23. The van der Waals surface area contributed by atoms with E-state index in [1.807, 2.05) is 0 Å². The normalized spacial score (nSPS) is 32.2. The lowest BCUT2D eigenvalue weighted by molar-refractivity contribution is -0.185. The molecule has 4 aliphatic rings. The second kappa shape index (κ2) is 7.73. The van der Waals surface area contributed by atoms with Gasteiger partial charge in [0.05, 0.1) is 13.2 Å². The Kier molecular flexibility index (Phi) is 5.23. The molecule has 1 aliphatic heterocycles. The summed E-state index contributed by atoms with van der Waals surface area (Å²) in [5.74, 6) is -1.20. The highest BCUT2D eigenvalue weighted by molar-refractivity contribution is 5.66. The van der Waals surface area contributed by atoms with Crippen molar-refractivity contribution >= 4 is 5.57 Å². The summed E-state index contributed by atoms with van der Waals surface area (Å²) in [6, 6.07) is 2.28. The molecule has 29 heavy (non-hydrogen) atoms. The highest BCUT2D eigenvalue weighted by Crippen LogP contribution is 2.49. The van der Waals surface area contributed by atoms with E-state index in [9.17, 15) is 13.2 Å². The molecule has 3 aliphatic carbocycles. The van der Waals surface area contributed by atoms with Crippen LogP contribution in [0.4, 0.5) is 13.2 Å². The van der Waals surface area contributed by atoms with Gasteiger partial charge in [-0.25, -0.2) is 13.2 Å². The van der Waals surface area contributed by atoms with Gasteiger partial charge in [0.2, 0.25) is 0 Å². The van der Waals surface area contributed by atoms with Crippen LogP contribution in [-0.4, -0.2) is 19.0 Å². The summed E-state index contributed by atoms with van der Waals surface area (Å²) in [5, 5.41) is 0. The van der Waals surface area contributed by atoms with Gasteiger partial charge in [-0.3, -0.25) is 0 Å². The molecular formula is C24H29F3O2. The second-order valence-electron chi connectivity index (χ2n) is 9.43. The molecule has 1 spiro atoms. The minimum atomic E-state index is -1.38. The smallest absolute Gasteiger partial charge is 0.194 e. The predicted molar refractivity (Wildman–Crippen MR) is 104 cm³/mol. The summed E-state index contributed by atoms with van der Waals surface area (Å²) in [4.78, 5) is 0. The van der Waals surface area contributed by atoms with Crippen LogP contribution < -0.4 is 0 Å². The fraction of sp³-hybridized carbons (Fsp3) is 0.667. The Morgan fingerprint density at radius 1 is 0.793 bits per heavy atom. The molecule has 0 radical (unpaired) electrons. The molecule has 1 heterocycles. The van der Waals surface area contributed by atoms with E-state index in [1.165, 1.54) is 25.7 Å². The monoisotopic (exact) mass is 406 g/mol. The zero-order valence-corrected chi connectivity index (χ0v) is 16.8. The van der Waals surface area contributed by atoms with E-state index in [-0.39, 0.29) is 5.79 Å².